The molecule has 30 heavy (non-hydrogen) atoms. The van der Waals surface area contributed by atoms with Gasteiger partial charge in [0.25, 0.3) is 11.8 Å². The molecule has 2 aromatic carbocycles. The molecule has 1 heterocycles. The van der Waals surface area contributed by atoms with Gasteiger partial charge in [-0.15, -0.1) is 0 Å². The summed E-state index contributed by atoms with van der Waals surface area (Å²) in [6.07, 6.45) is 0. The van der Waals surface area contributed by atoms with Crippen molar-refractivity contribution in [3.63, 3.8) is 0 Å². The van der Waals surface area contributed by atoms with Gasteiger partial charge in [0.2, 0.25) is 0 Å². The van der Waals surface area contributed by atoms with Crippen molar-refractivity contribution in [2.75, 3.05) is 20.2 Å². The van der Waals surface area contributed by atoms with E-state index >= 15 is 0 Å². The summed E-state index contributed by atoms with van der Waals surface area (Å²) in [6, 6.07) is 16.0. The molecular weight excluding hydrogens is 384 g/mol. The Morgan fingerprint density at radius 1 is 1.13 bits per heavy atom. The summed E-state index contributed by atoms with van der Waals surface area (Å²) in [5.41, 5.74) is 2.92. The number of urea groups is 1. The summed E-state index contributed by atoms with van der Waals surface area (Å²) in [5, 5.41) is 3.43. The molecule has 1 saturated heterocycles. The second kappa shape index (κ2) is 8.96. The van der Waals surface area contributed by atoms with Crippen molar-refractivity contribution in [2.24, 2.45) is 0 Å². The van der Waals surface area contributed by atoms with Gasteiger partial charge in [-0.2, -0.15) is 5.01 Å². The highest BCUT2D eigenvalue weighted by atomic mass is 16.5. The molecular formula is C22H27N4O4+. The van der Waals surface area contributed by atoms with Gasteiger partial charge in [0, 0.05) is 5.56 Å². The number of nitrogens with zero attached hydrogens (tertiary/aromatic N) is 1. The molecule has 0 radical (unpaired) electrons. The minimum absolute atomic E-state index is 0.103. The lowest BCUT2D eigenvalue weighted by Gasteiger charge is -2.22. The zero-order chi connectivity index (χ0) is 21.7. The van der Waals surface area contributed by atoms with Crippen molar-refractivity contribution in [1.29, 1.82) is 0 Å². The molecule has 2 atom stereocenters. The standard InChI is InChI=1S/C22H26N4O4/c1-4-30-18-12-10-16(11-13-18)14-25(3)15-19(27)24-26-20(28)22(2,23-21(26)29)17-8-6-5-7-9-17/h5-13H,4,14-15H2,1-3H3,(H,23,29)(H,24,27)/p+1/t22-/m0/s1. The first-order valence-corrected chi connectivity index (χ1v) is 9.88. The molecule has 0 saturated carbocycles. The molecule has 158 valence electrons. The minimum Gasteiger partial charge on any atom is -0.494 e. The lowest BCUT2D eigenvalue weighted by molar-refractivity contribution is -0.885. The number of ether oxygens (including phenoxy) is 1. The molecule has 2 aromatic rings. The number of hydrazine groups is 1. The van der Waals surface area contributed by atoms with Crippen LogP contribution in [0.5, 0.6) is 5.75 Å². The van der Waals surface area contributed by atoms with Crippen molar-refractivity contribution < 1.29 is 24.0 Å². The lowest BCUT2D eigenvalue weighted by atomic mass is 9.92. The average molecular weight is 411 g/mol. The third kappa shape index (κ3) is 4.60. The van der Waals surface area contributed by atoms with Crippen LogP contribution in [-0.4, -0.2) is 43.1 Å². The molecule has 3 rings (SSSR count). The van der Waals surface area contributed by atoms with Crippen molar-refractivity contribution in [1.82, 2.24) is 15.8 Å². The Morgan fingerprint density at radius 3 is 2.43 bits per heavy atom. The van der Waals surface area contributed by atoms with Crippen LogP contribution in [0.4, 0.5) is 4.79 Å². The highest BCUT2D eigenvalue weighted by molar-refractivity contribution is 6.08. The summed E-state index contributed by atoms with van der Waals surface area (Å²) in [5.74, 6) is -0.132. The van der Waals surface area contributed by atoms with E-state index in [0.29, 0.717) is 18.7 Å². The van der Waals surface area contributed by atoms with Crippen LogP contribution in [0.15, 0.2) is 54.6 Å². The topological polar surface area (TPSA) is 92.2 Å². The minimum atomic E-state index is -1.22. The maximum atomic E-state index is 12.8. The van der Waals surface area contributed by atoms with Crippen LogP contribution < -0.4 is 20.4 Å². The molecule has 0 spiro atoms. The van der Waals surface area contributed by atoms with Gasteiger partial charge in [-0.1, -0.05) is 30.3 Å². The van der Waals surface area contributed by atoms with E-state index in [2.05, 4.69) is 10.7 Å². The molecule has 1 aliphatic heterocycles. The number of carbonyl (C=O) groups excluding carboxylic acids is 3. The Kier molecular flexibility index (Phi) is 6.37. The van der Waals surface area contributed by atoms with E-state index in [4.69, 9.17) is 4.74 Å². The first-order chi connectivity index (χ1) is 14.3. The van der Waals surface area contributed by atoms with Gasteiger partial charge in [0.05, 0.1) is 13.7 Å². The Balaban J connectivity index is 1.57. The van der Waals surface area contributed by atoms with E-state index in [1.807, 2.05) is 44.3 Å². The van der Waals surface area contributed by atoms with Crippen LogP contribution in [0.1, 0.15) is 25.0 Å². The first-order valence-electron chi connectivity index (χ1n) is 9.88. The van der Waals surface area contributed by atoms with Crippen LogP contribution in [0.25, 0.3) is 0 Å². The van der Waals surface area contributed by atoms with Crippen LogP contribution in [0, 0.1) is 0 Å². The van der Waals surface area contributed by atoms with Crippen LogP contribution in [0.3, 0.4) is 0 Å². The van der Waals surface area contributed by atoms with Crippen molar-refractivity contribution in [3.8, 4) is 5.75 Å². The molecule has 8 heteroatoms. The SMILES string of the molecule is CCOc1ccc(C[NH+](C)CC(=O)NN2C(=O)N[C@@](C)(c3ccccc3)C2=O)cc1. The van der Waals surface area contributed by atoms with Gasteiger partial charge in [0.1, 0.15) is 17.8 Å². The number of amides is 4. The number of benzene rings is 2. The number of hydrogen-bond donors (Lipinski definition) is 3. The summed E-state index contributed by atoms with van der Waals surface area (Å²) < 4.78 is 5.43. The summed E-state index contributed by atoms with van der Waals surface area (Å²) in [4.78, 5) is 38.5. The number of carbonyl (C=O) groups is 3. The van der Waals surface area contributed by atoms with Gasteiger partial charge in [-0.05, 0) is 43.7 Å². The third-order valence-electron chi connectivity index (χ3n) is 4.98. The maximum absolute atomic E-state index is 12.8. The quantitative estimate of drug-likeness (QED) is 0.555. The number of nitrogens with one attached hydrogen (secondary N) is 3. The Bertz CT molecular complexity index is 916. The van der Waals surface area contributed by atoms with Crippen molar-refractivity contribution >= 4 is 17.8 Å². The summed E-state index contributed by atoms with van der Waals surface area (Å²) in [6.45, 7) is 4.88. The van der Waals surface area contributed by atoms with Crippen molar-refractivity contribution in [3.05, 3.63) is 65.7 Å². The number of rotatable bonds is 8. The highest BCUT2D eigenvalue weighted by Gasteiger charge is 2.50. The van der Waals surface area contributed by atoms with E-state index in [1.165, 1.54) is 0 Å². The van der Waals surface area contributed by atoms with E-state index in [9.17, 15) is 14.4 Å². The van der Waals surface area contributed by atoms with E-state index < -0.39 is 23.4 Å². The van der Waals surface area contributed by atoms with E-state index in [1.54, 1.807) is 31.2 Å². The van der Waals surface area contributed by atoms with E-state index in [0.717, 1.165) is 21.2 Å². The smallest absolute Gasteiger partial charge is 0.344 e. The molecule has 8 nitrogen and oxygen atoms in total. The number of imide groups is 1. The summed E-state index contributed by atoms with van der Waals surface area (Å²) >= 11 is 0. The predicted octanol–water partition coefficient (Wildman–Crippen LogP) is 0.598. The fourth-order valence-corrected chi connectivity index (χ4v) is 3.43. The summed E-state index contributed by atoms with van der Waals surface area (Å²) in [7, 11) is 1.87. The fraction of sp³-hybridized carbons (Fsp3) is 0.318. The Hall–Kier alpha value is -3.39. The molecule has 0 bridgehead atoms. The molecule has 1 fully saturated rings. The van der Waals surface area contributed by atoms with Gasteiger partial charge in [-0.25, -0.2) is 4.79 Å². The zero-order valence-electron chi connectivity index (χ0n) is 17.4. The number of quaternary nitrogens is 1. The van der Waals surface area contributed by atoms with Crippen LogP contribution >= 0.6 is 0 Å². The van der Waals surface area contributed by atoms with Crippen LogP contribution in [-0.2, 0) is 21.7 Å². The number of likely N-dealkylation sites (N-methyl/N-ethyl adjacent to an activating group) is 1. The molecule has 0 aliphatic carbocycles. The predicted molar refractivity (Wildman–Crippen MR) is 110 cm³/mol. The Labute approximate surface area is 175 Å². The normalized spacial score (nSPS) is 19.4. The lowest BCUT2D eigenvalue weighted by Crippen LogP contribution is -3.09. The fourth-order valence-electron chi connectivity index (χ4n) is 3.43. The van der Waals surface area contributed by atoms with Gasteiger partial charge in [0.15, 0.2) is 6.54 Å². The Morgan fingerprint density at radius 2 is 1.80 bits per heavy atom. The first kappa shape index (κ1) is 21.3. The van der Waals surface area contributed by atoms with Gasteiger partial charge >= 0.3 is 6.03 Å². The van der Waals surface area contributed by atoms with Crippen molar-refractivity contribution in [2.45, 2.75) is 25.9 Å². The van der Waals surface area contributed by atoms with E-state index in [-0.39, 0.29) is 6.54 Å². The zero-order valence-corrected chi connectivity index (χ0v) is 17.4. The molecule has 4 amide bonds. The molecule has 1 unspecified atom stereocenters. The highest BCUT2D eigenvalue weighted by Crippen LogP contribution is 2.27. The van der Waals surface area contributed by atoms with Gasteiger partial charge in [-0.3, -0.25) is 15.0 Å². The largest absolute Gasteiger partial charge is 0.494 e. The van der Waals surface area contributed by atoms with Gasteiger partial charge < -0.3 is 15.0 Å². The molecule has 0 aromatic heterocycles. The molecule has 3 N–H and O–H groups in total. The monoisotopic (exact) mass is 411 g/mol. The second-order valence-corrected chi connectivity index (χ2v) is 7.48. The average Bonchev–Trinajstić information content (AvgIpc) is 2.94. The molecule has 1 aliphatic rings. The maximum Gasteiger partial charge on any atom is 0.344 e. The number of hydrogen-bond acceptors (Lipinski definition) is 4. The van der Waals surface area contributed by atoms with Crippen LogP contribution in [0.2, 0.25) is 0 Å². The second-order valence-electron chi connectivity index (χ2n) is 7.48. The third-order valence-corrected chi connectivity index (χ3v) is 4.98.